The molecule has 1 aliphatic heterocycles. The van der Waals surface area contributed by atoms with Gasteiger partial charge >= 0.3 is 5.97 Å². The third-order valence-corrected chi connectivity index (χ3v) is 9.56. The molecule has 1 saturated heterocycles. The van der Waals surface area contributed by atoms with Crippen molar-refractivity contribution >= 4 is 17.7 Å². The Morgan fingerprint density at radius 1 is 1.13 bits per heavy atom. The molecule has 4 bridgehead atoms. The van der Waals surface area contributed by atoms with Crippen molar-refractivity contribution in [3.63, 3.8) is 0 Å². The first-order valence-electron chi connectivity index (χ1n) is 14.4. The van der Waals surface area contributed by atoms with Crippen LogP contribution in [-0.2, 0) is 11.4 Å². The number of aliphatic hydroxyl groups is 1. The van der Waals surface area contributed by atoms with Crippen molar-refractivity contribution in [1.29, 1.82) is 0 Å². The van der Waals surface area contributed by atoms with Crippen LogP contribution in [0.5, 0.6) is 5.88 Å². The molecule has 1 aromatic heterocycles. The molecule has 0 radical (unpaired) electrons. The van der Waals surface area contributed by atoms with Gasteiger partial charge in [0, 0.05) is 25.6 Å². The number of rotatable bonds is 8. The average Bonchev–Trinajstić information content (AvgIpc) is 2.89. The van der Waals surface area contributed by atoms with Gasteiger partial charge in [-0.2, -0.15) is 4.98 Å². The van der Waals surface area contributed by atoms with Crippen LogP contribution in [0.25, 0.3) is 0 Å². The Morgan fingerprint density at radius 3 is 2.62 bits per heavy atom. The second kappa shape index (κ2) is 10.5. The molecule has 208 valence electrons. The number of aromatic nitrogens is 1. The highest BCUT2D eigenvalue weighted by Crippen LogP contribution is 2.55. The number of aliphatic carboxylic acids is 1. The van der Waals surface area contributed by atoms with Gasteiger partial charge in [0.05, 0.1) is 5.60 Å². The number of piperidine rings is 1. The number of benzene rings is 1. The molecule has 2 unspecified atom stereocenters. The number of aryl methyl sites for hydroxylation is 1. The largest absolute Gasteiger partial charge is 0.481 e. The topological polar surface area (TPSA) is 112 Å². The number of nitrogens with zero attached hydrogens (tertiary/aromatic N) is 2. The smallest absolute Gasteiger partial charge is 0.303 e. The molecule has 1 aromatic carbocycles. The van der Waals surface area contributed by atoms with E-state index in [1.54, 1.807) is 6.07 Å². The highest BCUT2D eigenvalue weighted by Gasteiger charge is 2.55. The number of amides is 1. The van der Waals surface area contributed by atoms with Crippen LogP contribution in [-0.4, -0.2) is 51.8 Å². The number of carbonyl (C=O) groups excluding carboxylic acids is 1. The fourth-order valence-electron chi connectivity index (χ4n) is 7.94. The summed E-state index contributed by atoms with van der Waals surface area (Å²) in [6.45, 7) is 3.75. The highest BCUT2D eigenvalue weighted by molar-refractivity contribution is 5.97. The molecule has 2 aromatic rings. The van der Waals surface area contributed by atoms with Crippen molar-refractivity contribution in [3.05, 3.63) is 53.1 Å². The van der Waals surface area contributed by atoms with Crippen molar-refractivity contribution in [2.45, 2.75) is 76.5 Å². The van der Waals surface area contributed by atoms with Crippen LogP contribution in [0.4, 0.5) is 5.82 Å². The molecule has 39 heavy (non-hydrogen) atoms. The maximum Gasteiger partial charge on any atom is 0.303 e. The van der Waals surface area contributed by atoms with Gasteiger partial charge in [-0.3, -0.25) is 9.59 Å². The molecular weight excluding hydrogens is 494 g/mol. The molecule has 3 N–H and O–H groups in total. The van der Waals surface area contributed by atoms with Crippen molar-refractivity contribution in [3.8, 4) is 5.88 Å². The standard InChI is InChI=1S/C31H39N3O5/c1-19-5-2-3-7-22(19)18-39-30-25(8-9-26(32-30)34-10-4-6-20(17-34)13-27(35)36)29(37)33-28-23-11-21-12-24(28)16-31(38,14-21)15-23/h2-3,5,7-9,20-21,23-24,28,38H,4,6,10-18H2,1H3,(H,33,37)(H,35,36)/t20-,21?,23?,24?,28?,31?/m0/s1. The van der Waals surface area contributed by atoms with Gasteiger partial charge in [-0.05, 0) is 98.8 Å². The zero-order chi connectivity index (χ0) is 27.1. The number of pyridine rings is 1. The fraction of sp³-hybridized carbons (Fsp3) is 0.581. The first-order chi connectivity index (χ1) is 18.8. The van der Waals surface area contributed by atoms with Crippen LogP contribution < -0.4 is 15.0 Å². The van der Waals surface area contributed by atoms with Crippen molar-refractivity contribution < 1.29 is 24.5 Å². The minimum Gasteiger partial charge on any atom is -0.481 e. The first-order valence-corrected chi connectivity index (χ1v) is 14.4. The third-order valence-electron chi connectivity index (χ3n) is 9.56. The summed E-state index contributed by atoms with van der Waals surface area (Å²) < 4.78 is 6.24. The molecule has 7 rings (SSSR count). The zero-order valence-corrected chi connectivity index (χ0v) is 22.6. The summed E-state index contributed by atoms with van der Waals surface area (Å²) in [5.74, 6) is 1.32. The summed E-state index contributed by atoms with van der Waals surface area (Å²) in [7, 11) is 0. The normalized spacial score (nSPS) is 31.2. The number of carbonyl (C=O) groups is 2. The molecule has 5 aliphatic rings. The second-order valence-corrected chi connectivity index (χ2v) is 12.5. The minimum absolute atomic E-state index is 0.0668. The number of nitrogens with one attached hydrogen (secondary N) is 1. The Kier molecular flexibility index (Phi) is 7.00. The number of ether oxygens (including phenoxy) is 1. The van der Waals surface area contributed by atoms with Crippen LogP contribution >= 0.6 is 0 Å². The van der Waals surface area contributed by atoms with Gasteiger partial charge in [0.15, 0.2) is 0 Å². The molecule has 4 aliphatic carbocycles. The van der Waals surface area contributed by atoms with Crippen molar-refractivity contribution in [1.82, 2.24) is 10.3 Å². The van der Waals surface area contributed by atoms with E-state index in [4.69, 9.17) is 9.72 Å². The van der Waals surface area contributed by atoms with E-state index in [-0.39, 0.29) is 24.3 Å². The SMILES string of the molecule is Cc1ccccc1COc1nc(N2CCC[C@@H](CC(=O)O)C2)ccc1C(=O)NC1C2CC3CC1CC(O)(C3)C2. The highest BCUT2D eigenvalue weighted by atomic mass is 16.5. The molecule has 8 heteroatoms. The van der Waals surface area contributed by atoms with Crippen molar-refractivity contribution in [2.24, 2.45) is 23.7 Å². The maximum atomic E-state index is 13.7. The molecule has 3 atom stereocenters. The summed E-state index contributed by atoms with van der Waals surface area (Å²) in [6, 6.07) is 11.7. The lowest BCUT2D eigenvalue weighted by Crippen LogP contribution is -2.61. The van der Waals surface area contributed by atoms with E-state index < -0.39 is 11.6 Å². The number of hydrogen-bond acceptors (Lipinski definition) is 6. The predicted octanol–water partition coefficient (Wildman–Crippen LogP) is 4.33. The van der Waals surface area contributed by atoms with E-state index in [0.717, 1.165) is 62.6 Å². The Labute approximate surface area is 229 Å². The summed E-state index contributed by atoms with van der Waals surface area (Å²) >= 11 is 0. The third kappa shape index (κ3) is 5.49. The lowest BCUT2D eigenvalue weighted by atomic mass is 9.52. The van der Waals surface area contributed by atoms with E-state index in [1.165, 1.54) is 0 Å². The summed E-state index contributed by atoms with van der Waals surface area (Å²) in [4.78, 5) is 31.9. The summed E-state index contributed by atoms with van der Waals surface area (Å²) in [6.07, 6.45) is 6.53. The number of carboxylic acids is 1. The van der Waals surface area contributed by atoms with Gasteiger partial charge in [0.1, 0.15) is 18.0 Å². The molecule has 8 nitrogen and oxygen atoms in total. The summed E-state index contributed by atoms with van der Waals surface area (Å²) in [5, 5.41) is 23.6. The number of carboxylic acid groups (broad SMARTS) is 1. The Balaban J connectivity index is 1.23. The van der Waals surface area contributed by atoms with E-state index in [2.05, 4.69) is 10.2 Å². The van der Waals surface area contributed by atoms with E-state index in [0.29, 0.717) is 48.2 Å². The van der Waals surface area contributed by atoms with Crippen LogP contribution in [0.15, 0.2) is 36.4 Å². The predicted molar refractivity (Wildman–Crippen MR) is 147 cm³/mol. The average molecular weight is 534 g/mol. The van der Waals surface area contributed by atoms with Crippen LogP contribution in [0.1, 0.15) is 72.9 Å². The molecule has 5 fully saturated rings. The Hall–Kier alpha value is -3.13. The quantitative estimate of drug-likeness (QED) is 0.463. The van der Waals surface area contributed by atoms with Crippen LogP contribution in [0, 0.1) is 30.6 Å². The van der Waals surface area contributed by atoms with Gasteiger partial charge in [-0.1, -0.05) is 24.3 Å². The lowest BCUT2D eigenvalue weighted by molar-refractivity contribution is -0.138. The van der Waals surface area contributed by atoms with Gasteiger partial charge < -0.3 is 25.2 Å². The monoisotopic (exact) mass is 533 g/mol. The first kappa shape index (κ1) is 26.1. The van der Waals surface area contributed by atoms with E-state index in [1.807, 2.05) is 37.3 Å². The molecule has 1 amide bonds. The van der Waals surface area contributed by atoms with Crippen LogP contribution in [0.3, 0.4) is 0 Å². The zero-order valence-electron chi connectivity index (χ0n) is 22.6. The van der Waals surface area contributed by atoms with Gasteiger partial charge in [-0.15, -0.1) is 0 Å². The van der Waals surface area contributed by atoms with Gasteiger partial charge in [0.25, 0.3) is 5.91 Å². The molecule has 4 saturated carbocycles. The Bertz CT molecular complexity index is 1230. The van der Waals surface area contributed by atoms with E-state index >= 15 is 0 Å². The molecule has 0 spiro atoms. The maximum absolute atomic E-state index is 13.7. The van der Waals surface area contributed by atoms with Crippen molar-refractivity contribution in [2.75, 3.05) is 18.0 Å². The van der Waals surface area contributed by atoms with Crippen LogP contribution in [0.2, 0.25) is 0 Å². The fourth-order valence-corrected chi connectivity index (χ4v) is 7.94. The van der Waals surface area contributed by atoms with E-state index in [9.17, 15) is 19.8 Å². The minimum atomic E-state index is -0.777. The second-order valence-electron chi connectivity index (χ2n) is 12.5. The molecular formula is C31H39N3O5. The van der Waals surface area contributed by atoms with Gasteiger partial charge in [-0.25, -0.2) is 0 Å². The number of hydrogen-bond donors (Lipinski definition) is 3. The van der Waals surface area contributed by atoms with Gasteiger partial charge in [0.2, 0.25) is 5.88 Å². The molecule has 2 heterocycles. The number of anilines is 1. The Morgan fingerprint density at radius 2 is 1.90 bits per heavy atom. The summed E-state index contributed by atoms with van der Waals surface area (Å²) in [5.41, 5.74) is 2.01. The lowest BCUT2D eigenvalue weighted by Gasteiger charge is -2.58.